The minimum atomic E-state index is -4.51. The Morgan fingerprint density at radius 1 is 1.19 bits per heavy atom. The maximum absolute atomic E-state index is 13.2. The molecular weight excluding hydrogens is 407 g/mol. The van der Waals surface area contributed by atoms with Gasteiger partial charge in [0.05, 0.1) is 29.8 Å². The molecule has 1 N–H and O–H groups in total. The number of hydrogen-bond donors (Lipinski definition) is 1. The average molecular weight is 427 g/mol. The van der Waals surface area contributed by atoms with E-state index in [-0.39, 0.29) is 23.6 Å². The van der Waals surface area contributed by atoms with Gasteiger partial charge in [-0.25, -0.2) is 4.98 Å². The Bertz CT molecular complexity index is 1150. The molecule has 3 atom stereocenters. The largest absolute Gasteiger partial charge is 0.491 e. The van der Waals surface area contributed by atoms with Crippen molar-refractivity contribution >= 4 is 11.3 Å². The van der Waals surface area contributed by atoms with Gasteiger partial charge in [-0.05, 0) is 24.6 Å². The van der Waals surface area contributed by atoms with E-state index in [1.165, 1.54) is 4.40 Å². The van der Waals surface area contributed by atoms with Crippen LogP contribution in [0.1, 0.15) is 23.7 Å². The standard InChI is InChI=1S/C22H20F3N5O/c23-22(24,25)19-12-30-8-3-5-16(21(30)28-19)27-20-15-4-1-2-6-18(15)31-13-17(20)29-9-7-14(10-26)11-29/h1-6,8,12,14,17,20,27H,7,9,11,13H2. The first-order chi connectivity index (χ1) is 14.9. The highest BCUT2D eigenvalue weighted by atomic mass is 19.4. The first-order valence-electron chi connectivity index (χ1n) is 10.1. The lowest BCUT2D eigenvalue weighted by molar-refractivity contribution is -0.140. The predicted octanol–water partition coefficient (Wildman–Crippen LogP) is 4.11. The summed E-state index contributed by atoms with van der Waals surface area (Å²) in [6.45, 7) is 1.85. The molecule has 0 aliphatic carbocycles. The molecule has 0 radical (unpaired) electrons. The normalized spacial score (nSPS) is 23.9. The van der Waals surface area contributed by atoms with Gasteiger partial charge in [0.1, 0.15) is 12.4 Å². The second-order valence-corrected chi connectivity index (χ2v) is 7.92. The van der Waals surface area contributed by atoms with E-state index in [0.717, 1.165) is 30.5 Å². The zero-order valence-electron chi connectivity index (χ0n) is 16.5. The molecule has 1 saturated heterocycles. The molecule has 0 spiro atoms. The summed E-state index contributed by atoms with van der Waals surface area (Å²) in [5.74, 6) is 0.724. The molecule has 5 rings (SSSR count). The van der Waals surface area contributed by atoms with Gasteiger partial charge >= 0.3 is 6.18 Å². The van der Waals surface area contributed by atoms with Crippen LogP contribution in [-0.2, 0) is 6.18 Å². The fraction of sp³-hybridized carbons (Fsp3) is 0.364. The fourth-order valence-corrected chi connectivity index (χ4v) is 4.46. The number of alkyl halides is 3. The monoisotopic (exact) mass is 427 g/mol. The highest BCUT2D eigenvalue weighted by Crippen LogP contribution is 2.39. The van der Waals surface area contributed by atoms with Crippen molar-refractivity contribution in [1.82, 2.24) is 14.3 Å². The zero-order chi connectivity index (χ0) is 21.6. The number of pyridine rings is 1. The molecule has 9 heteroatoms. The number of hydrogen-bond acceptors (Lipinski definition) is 5. The van der Waals surface area contributed by atoms with Gasteiger partial charge in [-0.2, -0.15) is 18.4 Å². The zero-order valence-corrected chi connectivity index (χ0v) is 16.5. The van der Waals surface area contributed by atoms with Crippen LogP contribution in [0.25, 0.3) is 5.65 Å². The van der Waals surface area contributed by atoms with E-state index < -0.39 is 11.9 Å². The highest BCUT2D eigenvalue weighted by molar-refractivity contribution is 5.69. The number of aromatic nitrogens is 2. The molecule has 4 heterocycles. The highest BCUT2D eigenvalue weighted by Gasteiger charge is 2.39. The quantitative estimate of drug-likeness (QED) is 0.682. The third-order valence-corrected chi connectivity index (χ3v) is 6.00. The van der Waals surface area contributed by atoms with Crippen LogP contribution in [0.5, 0.6) is 5.75 Å². The SMILES string of the molecule is N#CC1CCN(C2COc3ccccc3C2Nc2cccn3cc(C(F)(F)F)nc23)C1. The first-order valence-corrected chi connectivity index (χ1v) is 10.1. The van der Waals surface area contributed by atoms with E-state index in [4.69, 9.17) is 4.74 Å². The van der Waals surface area contributed by atoms with Gasteiger partial charge in [-0.3, -0.25) is 4.90 Å². The van der Waals surface area contributed by atoms with E-state index in [9.17, 15) is 18.4 Å². The van der Waals surface area contributed by atoms with Crippen LogP contribution in [0.4, 0.5) is 18.9 Å². The number of para-hydroxylation sites is 1. The number of ether oxygens (including phenoxy) is 1. The number of anilines is 1. The van der Waals surface area contributed by atoms with Gasteiger partial charge in [-0.1, -0.05) is 18.2 Å². The molecule has 0 amide bonds. The predicted molar refractivity (Wildman–Crippen MR) is 108 cm³/mol. The van der Waals surface area contributed by atoms with Crippen LogP contribution in [0.15, 0.2) is 48.8 Å². The lowest BCUT2D eigenvalue weighted by Gasteiger charge is -2.39. The van der Waals surface area contributed by atoms with Crippen molar-refractivity contribution < 1.29 is 17.9 Å². The number of nitriles is 1. The molecule has 31 heavy (non-hydrogen) atoms. The van der Waals surface area contributed by atoms with Crippen molar-refractivity contribution in [2.75, 3.05) is 25.0 Å². The van der Waals surface area contributed by atoms with Crippen LogP contribution in [-0.4, -0.2) is 40.0 Å². The first kappa shape index (κ1) is 19.7. The summed E-state index contributed by atoms with van der Waals surface area (Å²) in [7, 11) is 0. The Balaban J connectivity index is 1.53. The molecule has 1 aromatic carbocycles. The number of rotatable bonds is 3. The van der Waals surface area contributed by atoms with Crippen molar-refractivity contribution in [1.29, 1.82) is 5.26 Å². The Morgan fingerprint density at radius 2 is 2.03 bits per heavy atom. The number of nitrogens with one attached hydrogen (secondary N) is 1. The molecular formula is C22H20F3N5O. The van der Waals surface area contributed by atoms with Crippen LogP contribution in [0.2, 0.25) is 0 Å². The van der Waals surface area contributed by atoms with Gasteiger partial charge in [0.25, 0.3) is 0 Å². The number of halogens is 3. The van der Waals surface area contributed by atoms with Crippen molar-refractivity contribution in [3.8, 4) is 11.8 Å². The van der Waals surface area contributed by atoms with Gasteiger partial charge in [0.2, 0.25) is 0 Å². The fourth-order valence-electron chi connectivity index (χ4n) is 4.46. The van der Waals surface area contributed by atoms with E-state index in [1.54, 1.807) is 18.3 Å². The molecule has 2 aliphatic rings. The van der Waals surface area contributed by atoms with Gasteiger partial charge < -0.3 is 14.5 Å². The molecule has 1 fully saturated rings. The minimum absolute atomic E-state index is 0.0251. The van der Waals surface area contributed by atoms with E-state index in [1.807, 2.05) is 24.3 Å². The average Bonchev–Trinajstić information content (AvgIpc) is 3.41. The summed E-state index contributed by atoms with van der Waals surface area (Å²) in [5, 5.41) is 12.8. The van der Waals surface area contributed by atoms with Crippen LogP contribution in [0.3, 0.4) is 0 Å². The molecule has 0 bridgehead atoms. The molecule has 6 nitrogen and oxygen atoms in total. The Labute approximate surface area is 176 Å². The third-order valence-electron chi connectivity index (χ3n) is 6.00. The van der Waals surface area contributed by atoms with Crippen molar-refractivity contribution in [3.63, 3.8) is 0 Å². The number of likely N-dealkylation sites (tertiary alicyclic amines) is 1. The second kappa shape index (κ2) is 7.46. The summed E-state index contributed by atoms with van der Waals surface area (Å²) in [6, 6.07) is 13.1. The van der Waals surface area contributed by atoms with Gasteiger partial charge in [0, 0.05) is 31.0 Å². The molecule has 2 aromatic heterocycles. The van der Waals surface area contributed by atoms with Crippen LogP contribution < -0.4 is 10.1 Å². The molecule has 2 aliphatic heterocycles. The Hall–Kier alpha value is -3.25. The van der Waals surface area contributed by atoms with E-state index in [2.05, 4.69) is 21.3 Å². The lowest BCUT2D eigenvalue weighted by Crippen LogP contribution is -2.47. The molecule has 3 aromatic rings. The third kappa shape index (κ3) is 3.57. The molecule has 0 saturated carbocycles. The van der Waals surface area contributed by atoms with Crippen molar-refractivity contribution in [2.24, 2.45) is 5.92 Å². The molecule has 160 valence electrons. The minimum Gasteiger partial charge on any atom is -0.491 e. The number of nitrogens with zero attached hydrogens (tertiary/aromatic N) is 4. The topological polar surface area (TPSA) is 65.6 Å². The maximum atomic E-state index is 13.2. The lowest BCUT2D eigenvalue weighted by atomic mass is 9.94. The van der Waals surface area contributed by atoms with E-state index >= 15 is 0 Å². The number of benzene rings is 1. The number of imidazole rings is 1. The summed E-state index contributed by atoms with van der Waals surface area (Å²) in [6.07, 6.45) is -1.17. The maximum Gasteiger partial charge on any atom is 0.434 e. The van der Waals surface area contributed by atoms with Crippen LogP contribution >= 0.6 is 0 Å². The Kier molecular flexibility index (Phi) is 4.74. The van der Waals surface area contributed by atoms with Gasteiger partial charge in [-0.15, -0.1) is 0 Å². The summed E-state index contributed by atoms with van der Waals surface area (Å²) >= 11 is 0. The smallest absolute Gasteiger partial charge is 0.434 e. The number of fused-ring (bicyclic) bond motifs is 2. The van der Waals surface area contributed by atoms with Crippen molar-refractivity contribution in [3.05, 3.63) is 60.0 Å². The molecule has 3 unspecified atom stereocenters. The van der Waals surface area contributed by atoms with Crippen molar-refractivity contribution in [2.45, 2.75) is 24.7 Å². The van der Waals surface area contributed by atoms with Gasteiger partial charge in [0.15, 0.2) is 11.3 Å². The summed E-state index contributed by atoms with van der Waals surface area (Å²) in [5.41, 5.74) is 0.737. The van der Waals surface area contributed by atoms with Crippen LogP contribution in [0, 0.1) is 17.2 Å². The van der Waals surface area contributed by atoms with E-state index in [0.29, 0.717) is 18.8 Å². The Morgan fingerprint density at radius 3 is 2.81 bits per heavy atom. The second-order valence-electron chi connectivity index (χ2n) is 7.92. The summed E-state index contributed by atoms with van der Waals surface area (Å²) < 4.78 is 47.0. The summed E-state index contributed by atoms with van der Waals surface area (Å²) in [4.78, 5) is 6.07.